The van der Waals surface area contributed by atoms with Crippen molar-refractivity contribution in [1.29, 1.82) is 0 Å². The van der Waals surface area contributed by atoms with Gasteiger partial charge in [-0.1, -0.05) is 6.08 Å². The predicted octanol–water partition coefficient (Wildman–Crippen LogP) is 2.38. The number of aromatic hydroxyl groups is 1. The monoisotopic (exact) mass is 256 g/mol. The van der Waals surface area contributed by atoms with Crippen molar-refractivity contribution >= 4 is 28.3 Å². The first kappa shape index (κ1) is 10.8. The lowest BCUT2D eigenvalue weighted by Gasteiger charge is -2.06. The summed E-state index contributed by atoms with van der Waals surface area (Å²) >= 11 is 3.18. The smallest absolute Gasteiger partial charge is 0.172 e. The Balaban J connectivity index is 3.15. The number of methoxy groups -OCH3 is 1. The summed E-state index contributed by atoms with van der Waals surface area (Å²) in [7, 11) is 1.47. The summed E-state index contributed by atoms with van der Waals surface area (Å²) in [6, 6.07) is 3.33. The van der Waals surface area contributed by atoms with Crippen LogP contribution in [0.2, 0.25) is 0 Å². The molecule has 0 spiro atoms. The molecule has 74 valence electrons. The second-order valence-electron chi connectivity index (χ2n) is 2.55. The van der Waals surface area contributed by atoms with Crippen LogP contribution in [0.15, 0.2) is 22.7 Å². The summed E-state index contributed by atoms with van der Waals surface area (Å²) < 4.78 is 5.47. The Hall–Kier alpha value is -1.29. The van der Waals surface area contributed by atoms with E-state index < -0.39 is 0 Å². The average molecular weight is 257 g/mol. The minimum atomic E-state index is 0.0516. The molecule has 1 aromatic rings. The fourth-order valence-electron chi connectivity index (χ4n) is 0.996. The van der Waals surface area contributed by atoms with E-state index in [4.69, 9.17) is 4.74 Å². The molecule has 1 N–H and O–H groups in total. The van der Waals surface area contributed by atoms with Crippen LogP contribution in [0.1, 0.15) is 5.56 Å². The Morgan fingerprint density at radius 2 is 2.21 bits per heavy atom. The number of carbonyl (C=O) groups excluding carboxylic acids is 1. The van der Waals surface area contributed by atoms with Crippen molar-refractivity contribution in [2.24, 2.45) is 0 Å². The van der Waals surface area contributed by atoms with Crippen molar-refractivity contribution in [1.82, 2.24) is 0 Å². The molecule has 4 heteroatoms. The van der Waals surface area contributed by atoms with Crippen molar-refractivity contribution in [3.8, 4) is 11.5 Å². The van der Waals surface area contributed by atoms with Crippen molar-refractivity contribution < 1.29 is 14.6 Å². The lowest BCUT2D eigenvalue weighted by Crippen LogP contribution is -1.85. The Morgan fingerprint density at radius 1 is 1.50 bits per heavy atom. The third kappa shape index (κ3) is 2.35. The average Bonchev–Trinajstić information content (AvgIpc) is 2.19. The summed E-state index contributed by atoms with van der Waals surface area (Å²) in [5.41, 5.74) is 0.777. The summed E-state index contributed by atoms with van der Waals surface area (Å²) in [5, 5.41) is 9.48. The van der Waals surface area contributed by atoms with Gasteiger partial charge in [-0.15, -0.1) is 0 Å². The van der Waals surface area contributed by atoms with Gasteiger partial charge >= 0.3 is 0 Å². The molecule has 0 atom stereocenters. The van der Waals surface area contributed by atoms with Crippen LogP contribution >= 0.6 is 15.9 Å². The number of hydrogen-bond acceptors (Lipinski definition) is 3. The molecular formula is C10H9BrO3. The van der Waals surface area contributed by atoms with Gasteiger partial charge in [0.1, 0.15) is 6.29 Å². The van der Waals surface area contributed by atoms with Crippen LogP contribution in [0.25, 0.3) is 6.08 Å². The minimum absolute atomic E-state index is 0.0516. The summed E-state index contributed by atoms with van der Waals surface area (Å²) in [6.07, 6.45) is 3.69. The van der Waals surface area contributed by atoms with Crippen molar-refractivity contribution in [2.45, 2.75) is 0 Å². The number of halogens is 1. The number of allylic oxidation sites excluding steroid dienone is 1. The topological polar surface area (TPSA) is 46.5 Å². The number of hydrogen-bond donors (Lipinski definition) is 1. The van der Waals surface area contributed by atoms with E-state index in [1.54, 1.807) is 18.2 Å². The molecule has 0 aliphatic rings. The largest absolute Gasteiger partial charge is 0.503 e. The van der Waals surface area contributed by atoms with Gasteiger partial charge in [-0.25, -0.2) is 0 Å². The lowest BCUT2D eigenvalue weighted by molar-refractivity contribution is -0.104. The molecule has 0 fully saturated rings. The first-order valence-corrected chi connectivity index (χ1v) is 4.66. The highest BCUT2D eigenvalue weighted by atomic mass is 79.9. The van der Waals surface area contributed by atoms with Gasteiger partial charge in [-0.3, -0.25) is 4.79 Å². The van der Waals surface area contributed by atoms with Gasteiger partial charge in [0.05, 0.1) is 11.6 Å². The van der Waals surface area contributed by atoms with Crippen LogP contribution in [-0.2, 0) is 4.79 Å². The molecule has 1 aromatic carbocycles. The molecule has 0 saturated heterocycles. The molecule has 0 aliphatic heterocycles. The van der Waals surface area contributed by atoms with Gasteiger partial charge < -0.3 is 9.84 Å². The first-order valence-electron chi connectivity index (χ1n) is 3.87. The summed E-state index contributed by atoms with van der Waals surface area (Å²) in [4.78, 5) is 10.1. The number of phenols is 1. The second kappa shape index (κ2) is 4.81. The van der Waals surface area contributed by atoms with E-state index in [-0.39, 0.29) is 5.75 Å². The van der Waals surface area contributed by atoms with Crippen molar-refractivity contribution in [3.05, 3.63) is 28.2 Å². The SMILES string of the molecule is COc1cc(C=CC=O)cc(Br)c1O. The molecule has 0 unspecified atom stereocenters. The molecule has 3 nitrogen and oxygen atoms in total. The van der Waals surface area contributed by atoms with Crippen LogP contribution < -0.4 is 4.74 Å². The van der Waals surface area contributed by atoms with E-state index >= 15 is 0 Å². The highest BCUT2D eigenvalue weighted by molar-refractivity contribution is 9.10. The van der Waals surface area contributed by atoms with Gasteiger partial charge in [0.2, 0.25) is 0 Å². The fraction of sp³-hybridized carbons (Fsp3) is 0.100. The molecule has 0 aromatic heterocycles. The van der Waals surface area contributed by atoms with Gasteiger partial charge in [-0.2, -0.15) is 0 Å². The number of phenolic OH excluding ortho intramolecular Hbond substituents is 1. The van der Waals surface area contributed by atoms with Gasteiger partial charge in [0, 0.05) is 0 Å². The van der Waals surface area contributed by atoms with Crippen LogP contribution in [0.5, 0.6) is 11.5 Å². The standard InChI is InChI=1S/C10H9BrO3/c1-14-9-6-7(3-2-4-12)5-8(11)10(9)13/h2-6,13H,1H3. The van der Waals surface area contributed by atoms with E-state index in [0.717, 1.165) is 5.56 Å². The van der Waals surface area contributed by atoms with Crippen molar-refractivity contribution in [2.75, 3.05) is 7.11 Å². The van der Waals surface area contributed by atoms with E-state index in [0.29, 0.717) is 16.5 Å². The number of aldehydes is 1. The Kier molecular flexibility index (Phi) is 3.71. The predicted molar refractivity (Wildman–Crippen MR) is 57.5 cm³/mol. The van der Waals surface area contributed by atoms with E-state index in [2.05, 4.69) is 15.9 Å². The second-order valence-corrected chi connectivity index (χ2v) is 3.40. The number of rotatable bonds is 3. The number of benzene rings is 1. The van der Waals surface area contributed by atoms with Crippen LogP contribution in [-0.4, -0.2) is 18.5 Å². The van der Waals surface area contributed by atoms with Crippen LogP contribution in [0.3, 0.4) is 0 Å². The minimum Gasteiger partial charge on any atom is -0.503 e. The normalized spacial score (nSPS) is 10.4. The van der Waals surface area contributed by atoms with E-state index in [9.17, 15) is 9.90 Å². The maximum absolute atomic E-state index is 10.1. The highest BCUT2D eigenvalue weighted by Gasteiger charge is 2.06. The summed E-state index contributed by atoms with van der Waals surface area (Å²) in [5.74, 6) is 0.417. The molecule has 0 aliphatic carbocycles. The third-order valence-corrected chi connectivity index (χ3v) is 2.24. The Bertz CT molecular complexity index is 372. The molecule has 0 heterocycles. The molecule has 1 rings (SSSR count). The Labute approximate surface area is 90.1 Å². The zero-order chi connectivity index (χ0) is 10.6. The molecule has 0 radical (unpaired) electrons. The van der Waals surface area contributed by atoms with Gasteiger partial charge in [0.25, 0.3) is 0 Å². The molecule has 0 amide bonds. The maximum Gasteiger partial charge on any atom is 0.172 e. The molecule has 0 saturated carbocycles. The number of carbonyl (C=O) groups is 1. The quantitative estimate of drug-likeness (QED) is 0.668. The third-order valence-electron chi connectivity index (χ3n) is 1.64. The maximum atomic E-state index is 10.1. The fourth-order valence-corrected chi connectivity index (χ4v) is 1.46. The van der Waals surface area contributed by atoms with E-state index in [1.807, 2.05) is 0 Å². The zero-order valence-electron chi connectivity index (χ0n) is 7.53. The Morgan fingerprint density at radius 3 is 2.79 bits per heavy atom. The number of ether oxygens (including phenoxy) is 1. The van der Waals surface area contributed by atoms with E-state index in [1.165, 1.54) is 13.2 Å². The van der Waals surface area contributed by atoms with Gasteiger partial charge in [0.15, 0.2) is 11.5 Å². The first-order chi connectivity index (χ1) is 6.69. The molecular weight excluding hydrogens is 248 g/mol. The molecule has 0 bridgehead atoms. The van der Waals surface area contributed by atoms with Gasteiger partial charge in [-0.05, 0) is 39.7 Å². The summed E-state index contributed by atoms with van der Waals surface area (Å²) in [6.45, 7) is 0. The zero-order valence-corrected chi connectivity index (χ0v) is 9.11. The van der Waals surface area contributed by atoms with Crippen LogP contribution in [0.4, 0.5) is 0 Å². The van der Waals surface area contributed by atoms with Crippen molar-refractivity contribution in [3.63, 3.8) is 0 Å². The lowest BCUT2D eigenvalue weighted by atomic mass is 10.2. The highest BCUT2D eigenvalue weighted by Crippen LogP contribution is 2.35. The van der Waals surface area contributed by atoms with Crippen LogP contribution in [0, 0.1) is 0 Å². The molecule has 14 heavy (non-hydrogen) atoms.